The number of anilines is 2. The maximum atomic E-state index is 11.2. The lowest BCUT2D eigenvalue weighted by Crippen LogP contribution is -2.37. The van der Waals surface area contributed by atoms with E-state index in [2.05, 4.69) is 20.1 Å². The SMILES string of the molecule is COC(=O)NC1CCN(c2c(N)c(C)nn2C)C1. The Kier molecular flexibility index (Phi) is 3.31. The predicted molar refractivity (Wildman–Crippen MR) is 68.5 cm³/mol. The van der Waals surface area contributed by atoms with Crippen LogP contribution in [0.2, 0.25) is 0 Å². The van der Waals surface area contributed by atoms with Gasteiger partial charge in [0.2, 0.25) is 0 Å². The molecular weight excluding hydrogens is 234 g/mol. The number of nitrogens with zero attached hydrogens (tertiary/aromatic N) is 3. The Balaban J connectivity index is 2.06. The largest absolute Gasteiger partial charge is 0.453 e. The van der Waals surface area contributed by atoms with Gasteiger partial charge in [0, 0.05) is 20.1 Å². The molecule has 1 atom stereocenters. The minimum Gasteiger partial charge on any atom is -0.453 e. The molecule has 0 radical (unpaired) electrons. The zero-order chi connectivity index (χ0) is 13.3. The fraction of sp³-hybridized carbons (Fsp3) is 0.636. The van der Waals surface area contributed by atoms with Crippen LogP contribution < -0.4 is 16.0 Å². The van der Waals surface area contributed by atoms with Crippen molar-refractivity contribution in [3.8, 4) is 0 Å². The van der Waals surface area contributed by atoms with Crippen molar-refractivity contribution in [2.45, 2.75) is 19.4 Å². The molecule has 1 amide bonds. The van der Waals surface area contributed by atoms with Crippen LogP contribution in [0.3, 0.4) is 0 Å². The topological polar surface area (TPSA) is 85.4 Å². The van der Waals surface area contributed by atoms with Gasteiger partial charge in [-0.1, -0.05) is 0 Å². The van der Waals surface area contributed by atoms with Crippen LogP contribution in [0, 0.1) is 6.92 Å². The Morgan fingerprint density at radius 1 is 1.61 bits per heavy atom. The first-order valence-corrected chi connectivity index (χ1v) is 5.91. The third kappa shape index (κ3) is 2.20. The maximum absolute atomic E-state index is 11.2. The standard InChI is InChI=1S/C11H19N5O2/c1-7-9(12)10(15(2)14-7)16-5-4-8(6-16)13-11(17)18-3/h8H,4-6,12H2,1-3H3,(H,13,17). The smallest absolute Gasteiger partial charge is 0.407 e. The number of hydrogen-bond donors (Lipinski definition) is 2. The summed E-state index contributed by atoms with van der Waals surface area (Å²) in [7, 11) is 3.24. The lowest BCUT2D eigenvalue weighted by atomic mass is 10.3. The van der Waals surface area contributed by atoms with Crippen molar-refractivity contribution in [1.29, 1.82) is 0 Å². The van der Waals surface area contributed by atoms with Crippen molar-refractivity contribution in [2.75, 3.05) is 30.8 Å². The highest BCUT2D eigenvalue weighted by molar-refractivity contribution is 5.69. The molecule has 2 heterocycles. The Morgan fingerprint density at radius 2 is 2.33 bits per heavy atom. The summed E-state index contributed by atoms with van der Waals surface area (Å²) in [6.07, 6.45) is 0.481. The third-order valence-corrected chi connectivity index (χ3v) is 3.23. The second-order valence-corrected chi connectivity index (χ2v) is 4.51. The third-order valence-electron chi connectivity index (χ3n) is 3.23. The average Bonchev–Trinajstić information content (AvgIpc) is 2.85. The zero-order valence-electron chi connectivity index (χ0n) is 10.9. The molecule has 1 aromatic rings. The number of ether oxygens (including phenoxy) is 1. The molecule has 1 saturated heterocycles. The van der Waals surface area contributed by atoms with Gasteiger partial charge in [-0.15, -0.1) is 0 Å². The van der Waals surface area contributed by atoms with E-state index in [0.717, 1.165) is 31.0 Å². The number of nitrogen functional groups attached to an aromatic ring is 1. The van der Waals surface area contributed by atoms with Crippen LogP contribution in [0.5, 0.6) is 0 Å². The molecule has 3 N–H and O–H groups in total. The van der Waals surface area contributed by atoms with Crippen LogP contribution in [-0.2, 0) is 11.8 Å². The van der Waals surface area contributed by atoms with E-state index in [9.17, 15) is 4.79 Å². The Bertz CT molecular complexity index is 457. The molecule has 1 aliphatic rings. The molecule has 0 aliphatic carbocycles. The van der Waals surface area contributed by atoms with Crippen molar-refractivity contribution >= 4 is 17.6 Å². The van der Waals surface area contributed by atoms with Crippen LogP contribution in [0.1, 0.15) is 12.1 Å². The van der Waals surface area contributed by atoms with Crippen LogP contribution in [0.25, 0.3) is 0 Å². The summed E-state index contributed by atoms with van der Waals surface area (Å²) in [6, 6.07) is 0.0899. The summed E-state index contributed by atoms with van der Waals surface area (Å²) in [4.78, 5) is 13.3. The average molecular weight is 253 g/mol. The van der Waals surface area contributed by atoms with Gasteiger partial charge in [-0.3, -0.25) is 4.68 Å². The molecule has 2 rings (SSSR count). The molecule has 100 valence electrons. The van der Waals surface area contributed by atoms with E-state index in [4.69, 9.17) is 5.73 Å². The number of carbonyl (C=O) groups is 1. The molecule has 0 spiro atoms. The molecule has 1 aliphatic heterocycles. The second-order valence-electron chi connectivity index (χ2n) is 4.51. The molecule has 7 heteroatoms. The number of aromatic nitrogens is 2. The number of nitrogens with one attached hydrogen (secondary N) is 1. The lowest BCUT2D eigenvalue weighted by molar-refractivity contribution is 0.167. The summed E-state index contributed by atoms with van der Waals surface area (Å²) < 4.78 is 6.38. The van der Waals surface area contributed by atoms with Gasteiger partial charge >= 0.3 is 6.09 Å². The van der Waals surface area contributed by atoms with Gasteiger partial charge in [0.25, 0.3) is 0 Å². The highest BCUT2D eigenvalue weighted by Gasteiger charge is 2.28. The van der Waals surface area contributed by atoms with E-state index in [1.54, 1.807) is 4.68 Å². The summed E-state index contributed by atoms with van der Waals surface area (Å²) in [5, 5.41) is 7.10. The van der Waals surface area contributed by atoms with Crippen LogP contribution in [-0.4, -0.2) is 42.1 Å². The highest BCUT2D eigenvalue weighted by Crippen LogP contribution is 2.28. The van der Waals surface area contributed by atoms with Crippen molar-refractivity contribution in [2.24, 2.45) is 7.05 Å². The summed E-state index contributed by atoms with van der Waals surface area (Å²) in [6.45, 7) is 3.45. The first kappa shape index (κ1) is 12.5. The quantitative estimate of drug-likeness (QED) is 0.789. The first-order valence-electron chi connectivity index (χ1n) is 5.91. The first-order chi connectivity index (χ1) is 8.52. The number of methoxy groups -OCH3 is 1. The van der Waals surface area contributed by atoms with E-state index in [-0.39, 0.29) is 6.04 Å². The fourth-order valence-electron chi connectivity index (χ4n) is 2.33. The van der Waals surface area contributed by atoms with E-state index in [0.29, 0.717) is 5.69 Å². The van der Waals surface area contributed by atoms with Gasteiger partial charge < -0.3 is 20.7 Å². The number of carbonyl (C=O) groups excluding carboxylic acids is 1. The zero-order valence-corrected chi connectivity index (χ0v) is 10.9. The van der Waals surface area contributed by atoms with E-state index >= 15 is 0 Å². The monoisotopic (exact) mass is 253 g/mol. The van der Waals surface area contributed by atoms with Gasteiger partial charge in [-0.05, 0) is 13.3 Å². The van der Waals surface area contributed by atoms with Gasteiger partial charge in [0.05, 0.1) is 24.5 Å². The minimum absolute atomic E-state index is 0.0899. The van der Waals surface area contributed by atoms with Crippen LogP contribution >= 0.6 is 0 Å². The number of amides is 1. The van der Waals surface area contributed by atoms with Gasteiger partial charge in [-0.2, -0.15) is 5.10 Å². The van der Waals surface area contributed by atoms with E-state index < -0.39 is 6.09 Å². The highest BCUT2D eigenvalue weighted by atomic mass is 16.5. The summed E-state index contributed by atoms with van der Waals surface area (Å²) in [5.74, 6) is 0.918. The van der Waals surface area contributed by atoms with Crippen molar-refractivity contribution < 1.29 is 9.53 Å². The Morgan fingerprint density at radius 3 is 2.89 bits per heavy atom. The maximum Gasteiger partial charge on any atom is 0.407 e. The van der Waals surface area contributed by atoms with Gasteiger partial charge in [-0.25, -0.2) is 4.79 Å². The Hall–Kier alpha value is -1.92. The molecule has 7 nitrogen and oxygen atoms in total. The number of nitrogens with two attached hydrogens (primary N) is 1. The van der Waals surface area contributed by atoms with Crippen molar-refractivity contribution in [3.63, 3.8) is 0 Å². The molecule has 18 heavy (non-hydrogen) atoms. The normalized spacial score (nSPS) is 19.1. The van der Waals surface area contributed by atoms with Gasteiger partial charge in [0.1, 0.15) is 5.82 Å². The lowest BCUT2D eigenvalue weighted by Gasteiger charge is -2.19. The molecule has 1 fully saturated rings. The number of hydrogen-bond acceptors (Lipinski definition) is 5. The molecular formula is C11H19N5O2. The number of rotatable bonds is 2. The van der Waals surface area contributed by atoms with Crippen LogP contribution in [0.15, 0.2) is 0 Å². The van der Waals surface area contributed by atoms with Crippen molar-refractivity contribution in [1.82, 2.24) is 15.1 Å². The predicted octanol–water partition coefficient (Wildman–Crippen LogP) is 0.245. The van der Waals surface area contributed by atoms with Crippen LogP contribution in [0.4, 0.5) is 16.3 Å². The second kappa shape index (κ2) is 4.75. The molecule has 0 bridgehead atoms. The molecule has 0 aromatic carbocycles. The Labute approximate surface area is 106 Å². The fourth-order valence-corrected chi connectivity index (χ4v) is 2.33. The van der Waals surface area contributed by atoms with E-state index in [1.165, 1.54) is 7.11 Å². The number of aryl methyl sites for hydroxylation is 2. The molecule has 0 saturated carbocycles. The van der Waals surface area contributed by atoms with E-state index in [1.807, 2.05) is 14.0 Å². The minimum atomic E-state index is -0.393. The number of alkyl carbamates (subject to hydrolysis) is 1. The summed E-state index contributed by atoms with van der Waals surface area (Å²) >= 11 is 0. The molecule has 1 aromatic heterocycles. The summed E-state index contributed by atoms with van der Waals surface area (Å²) in [5.41, 5.74) is 7.55. The molecule has 1 unspecified atom stereocenters. The van der Waals surface area contributed by atoms with Crippen molar-refractivity contribution in [3.05, 3.63) is 5.69 Å². The van der Waals surface area contributed by atoms with Gasteiger partial charge in [0.15, 0.2) is 0 Å².